The summed E-state index contributed by atoms with van der Waals surface area (Å²) in [7, 11) is 0. The molecule has 0 spiro atoms. The molecule has 1 aliphatic rings. The molecule has 136 valence electrons. The van der Waals surface area contributed by atoms with Gasteiger partial charge < -0.3 is 4.74 Å². The molecule has 1 aromatic heterocycles. The van der Waals surface area contributed by atoms with Crippen molar-refractivity contribution in [1.29, 1.82) is 0 Å². The third-order valence-corrected chi connectivity index (χ3v) is 5.48. The quantitative estimate of drug-likeness (QED) is 0.754. The smallest absolute Gasteiger partial charge is 0.350 e. The highest BCUT2D eigenvalue weighted by atomic mass is 32.1. The van der Waals surface area contributed by atoms with Crippen LogP contribution in [-0.4, -0.2) is 40.8 Å². The molecule has 0 aliphatic carbocycles. The number of carbonyl (C=O) groups excluding carboxylic acids is 3. The Morgan fingerprint density at radius 1 is 1.27 bits per heavy atom. The molecule has 26 heavy (non-hydrogen) atoms. The first kappa shape index (κ1) is 18.3. The first-order valence-corrected chi connectivity index (χ1v) is 9.38. The number of hydrogen-bond donors (Lipinski definition) is 0. The van der Waals surface area contributed by atoms with E-state index >= 15 is 0 Å². The van der Waals surface area contributed by atoms with Gasteiger partial charge in [-0.05, 0) is 25.3 Å². The number of rotatable bonds is 5. The van der Waals surface area contributed by atoms with Crippen molar-refractivity contribution in [3.05, 3.63) is 40.4 Å². The zero-order valence-corrected chi connectivity index (χ0v) is 15.6. The van der Waals surface area contributed by atoms with Crippen LogP contribution in [0.5, 0.6) is 0 Å². The second-order valence-electron chi connectivity index (χ2n) is 6.10. The minimum Gasteiger partial charge on any atom is -0.451 e. The van der Waals surface area contributed by atoms with Gasteiger partial charge in [-0.15, -0.1) is 11.3 Å². The molecule has 0 atom stereocenters. The van der Waals surface area contributed by atoms with Gasteiger partial charge in [0, 0.05) is 18.5 Å². The van der Waals surface area contributed by atoms with E-state index < -0.39 is 18.5 Å². The zero-order chi connectivity index (χ0) is 18.7. The summed E-state index contributed by atoms with van der Waals surface area (Å²) in [6.45, 7) is 3.80. The molecule has 1 saturated heterocycles. The van der Waals surface area contributed by atoms with Crippen LogP contribution in [0.3, 0.4) is 0 Å². The molecule has 1 aliphatic heterocycles. The number of ether oxygens (including phenoxy) is 1. The van der Waals surface area contributed by atoms with Gasteiger partial charge in [-0.3, -0.25) is 14.5 Å². The van der Waals surface area contributed by atoms with Gasteiger partial charge in [0.15, 0.2) is 6.61 Å². The summed E-state index contributed by atoms with van der Waals surface area (Å²) in [5, 5.41) is 0.734. The van der Waals surface area contributed by atoms with E-state index in [1.807, 2.05) is 24.3 Å². The van der Waals surface area contributed by atoms with Crippen LogP contribution in [0.25, 0.3) is 10.6 Å². The van der Waals surface area contributed by atoms with E-state index in [9.17, 15) is 14.4 Å². The summed E-state index contributed by atoms with van der Waals surface area (Å²) in [6.07, 6.45) is 1.99. The first-order chi connectivity index (χ1) is 12.5. The second kappa shape index (κ2) is 7.78. The number of hydrogen-bond acceptors (Lipinski definition) is 6. The van der Waals surface area contributed by atoms with Gasteiger partial charge in [0.2, 0.25) is 5.91 Å². The minimum atomic E-state index is -0.587. The Hall–Kier alpha value is -2.54. The highest BCUT2D eigenvalue weighted by Gasteiger charge is 2.27. The fraction of sp³-hybridized carbons (Fsp3) is 0.368. The minimum absolute atomic E-state index is 0.210. The molecule has 0 saturated carbocycles. The normalized spacial score (nSPS) is 13.9. The van der Waals surface area contributed by atoms with Gasteiger partial charge in [0.25, 0.3) is 5.91 Å². The molecule has 0 bridgehead atoms. The zero-order valence-electron chi connectivity index (χ0n) is 14.8. The number of esters is 1. The number of carbonyl (C=O) groups is 3. The third-order valence-electron chi connectivity index (χ3n) is 4.29. The summed E-state index contributed by atoms with van der Waals surface area (Å²) >= 11 is 1.24. The fourth-order valence-corrected chi connectivity index (χ4v) is 3.74. The number of nitrogens with zero attached hydrogens (tertiary/aromatic N) is 2. The molecule has 6 nitrogen and oxygen atoms in total. The molecule has 2 amide bonds. The number of amides is 2. The van der Waals surface area contributed by atoms with Crippen molar-refractivity contribution in [2.75, 3.05) is 13.2 Å². The van der Waals surface area contributed by atoms with Crippen LogP contribution >= 0.6 is 11.3 Å². The van der Waals surface area contributed by atoms with E-state index in [0.717, 1.165) is 21.9 Å². The Labute approximate surface area is 155 Å². The highest BCUT2D eigenvalue weighted by Crippen LogP contribution is 2.28. The molecule has 7 heteroatoms. The lowest BCUT2D eigenvalue weighted by atomic mass is 10.1. The number of aryl methyl sites for hydroxylation is 2. The van der Waals surface area contributed by atoms with Crippen molar-refractivity contribution >= 4 is 29.1 Å². The molecular formula is C19H20N2O4S. The molecule has 1 aromatic carbocycles. The summed E-state index contributed by atoms with van der Waals surface area (Å²) in [6, 6.07) is 8.04. The number of benzene rings is 1. The lowest BCUT2D eigenvalue weighted by Crippen LogP contribution is -2.35. The van der Waals surface area contributed by atoms with E-state index in [-0.39, 0.29) is 5.91 Å². The van der Waals surface area contributed by atoms with Gasteiger partial charge in [-0.2, -0.15) is 0 Å². The van der Waals surface area contributed by atoms with E-state index in [1.54, 1.807) is 6.92 Å². The topological polar surface area (TPSA) is 76.6 Å². The second-order valence-corrected chi connectivity index (χ2v) is 7.10. The van der Waals surface area contributed by atoms with Crippen LogP contribution in [-0.2, 0) is 20.7 Å². The van der Waals surface area contributed by atoms with Gasteiger partial charge in [-0.25, -0.2) is 9.78 Å². The Bertz CT molecular complexity index is 842. The first-order valence-electron chi connectivity index (χ1n) is 8.56. The molecule has 0 unspecified atom stereocenters. The van der Waals surface area contributed by atoms with E-state index in [0.29, 0.717) is 30.0 Å². The van der Waals surface area contributed by atoms with Crippen molar-refractivity contribution in [1.82, 2.24) is 9.88 Å². The molecule has 0 radical (unpaired) electrons. The Morgan fingerprint density at radius 3 is 2.62 bits per heavy atom. The maximum absolute atomic E-state index is 12.3. The third kappa shape index (κ3) is 3.83. The summed E-state index contributed by atoms with van der Waals surface area (Å²) < 4.78 is 5.11. The summed E-state index contributed by atoms with van der Waals surface area (Å²) in [5.41, 5.74) is 2.74. The maximum atomic E-state index is 12.3. The van der Waals surface area contributed by atoms with Crippen LogP contribution in [0, 0.1) is 6.92 Å². The van der Waals surface area contributed by atoms with Gasteiger partial charge in [0.1, 0.15) is 9.88 Å². The highest BCUT2D eigenvalue weighted by molar-refractivity contribution is 7.17. The molecule has 0 N–H and O–H groups in total. The van der Waals surface area contributed by atoms with E-state index in [4.69, 9.17) is 4.74 Å². The lowest BCUT2D eigenvalue weighted by Gasteiger charge is -2.13. The van der Waals surface area contributed by atoms with Gasteiger partial charge in [-0.1, -0.05) is 31.2 Å². The standard InChI is InChI=1S/C19H20N2O4S/c1-3-13-6-8-14(9-7-13)18-20-12(2)17(26-18)19(24)25-11-16(23)21-10-4-5-15(21)22/h6-9H,3-5,10-11H2,1-2H3. The number of thiazole rings is 1. The summed E-state index contributed by atoms with van der Waals surface area (Å²) in [4.78, 5) is 41.8. The fourth-order valence-electron chi connectivity index (χ4n) is 2.77. The van der Waals surface area contributed by atoms with Crippen LogP contribution in [0.2, 0.25) is 0 Å². The van der Waals surface area contributed by atoms with Crippen molar-refractivity contribution in [2.45, 2.75) is 33.1 Å². The Kier molecular flexibility index (Phi) is 5.46. The predicted octanol–water partition coefficient (Wildman–Crippen LogP) is 2.99. The molecule has 2 heterocycles. The SMILES string of the molecule is CCc1ccc(-c2nc(C)c(C(=O)OCC(=O)N3CCCC3=O)s2)cc1. The summed E-state index contributed by atoms with van der Waals surface area (Å²) in [5.74, 6) is -1.27. The molecule has 1 fully saturated rings. The van der Waals surface area contributed by atoms with Crippen LogP contribution < -0.4 is 0 Å². The van der Waals surface area contributed by atoms with Crippen molar-refractivity contribution in [3.63, 3.8) is 0 Å². The Morgan fingerprint density at radius 2 is 2.00 bits per heavy atom. The molecule has 3 rings (SSSR count). The largest absolute Gasteiger partial charge is 0.451 e. The van der Waals surface area contributed by atoms with Crippen LogP contribution in [0.15, 0.2) is 24.3 Å². The number of imide groups is 1. The van der Waals surface area contributed by atoms with E-state index in [2.05, 4.69) is 11.9 Å². The molecule has 2 aromatic rings. The molecular weight excluding hydrogens is 352 g/mol. The predicted molar refractivity (Wildman–Crippen MR) is 97.9 cm³/mol. The van der Waals surface area contributed by atoms with Crippen molar-refractivity contribution in [3.8, 4) is 10.6 Å². The lowest BCUT2D eigenvalue weighted by molar-refractivity contribution is -0.143. The monoisotopic (exact) mass is 372 g/mol. The van der Waals surface area contributed by atoms with E-state index in [1.165, 1.54) is 16.9 Å². The maximum Gasteiger partial charge on any atom is 0.350 e. The average Bonchev–Trinajstić information content (AvgIpc) is 3.25. The van der Waals surface area contributed by atoms with Crippen molar-refractivity contribution in [2.24, 2.45) is 0 Å². The Balaban J connectivity index is 1.67. The van der Waals surface area contributed by atoms with Gasteiger partial charge >= 0.3 is 5.97 Å². The number of aromatic nitrogens is 1. The number of likely N-dealkylation sites (tertiary alicyclic amines) is 1. The van der Waals surface area contributed by atoms with Crippen LogP contribution in [0.1, 0.15) is 40.7 Å². The van der Waals surface area contributed by atoms with Crippen LogP contribution in [0.4, 0.5) is 0 Å². The van der Waals surface area contributed by atoms with Crippen molar-refractivity contribution < 1.29 is 19.1 Å². The average molecular weight is 372 g/mol. The van der Waals surface area contributed by atoms with Gasteiger partial charge in [0.05, 0.1) is 5.69 Å².